The number of nitrogen functional groups attached to an aromatic ring is 1. The lowest BCUT2D eigenvalue weighted by molar-refractivity contribution is -0.861. The number of nitrogens with two attached hydrogens (primary N) is 1. The number of halogens is 1. The second-order valence-corrected chi connectivity index (χ2v) is 4.20. The van der Waals surface area contributed by atoms with E-state index in [2.05, 4.69) is 4.98 Å². The third-order valence-electron chi connectivity index (χ3n) is 1.63. The minimum atomic E-state index is 0. The Morgan fingerprint density at radius 1 is 1.43 bits per heavy atom. The van der Waals surface area contributed by atoms with Gasteiger partial charge >= 0.3 is 0 Å². The number of nitrogens with one attached hydrogen (secondary N) is 1. The maximum atomic E-state index is 11.6. The first kappa shape index (κ1) is 13.0. The molecule has 80 valence electrons. The SMILES string of the molecule is C[N+](C)(C)CC(=O)c1ccc(N)[nH]1.[Cl-]. The third-order valence-corrected chi connectivity index (χ3v) is 1.63. The van der Waals surface area contributed by atoms with Crippen molar-refractivity contribution in [3.63, 3.8) is 0 Å². The minimum absolute atomic E-state index is 0. The van der Waals surface area contributed by atoms with Crippen molar-refractivity contribution >= 4 is 11.6 Å². The lowest BCUT2D eigenvalue weighted by atomic mass is 10.2. The summed E-state index contributed by atoms with van der Waals surface area (Å²) in [5, 5.41) is 0. The van der Waals surface area contributed by atoms with E-state index in [4.69, 9.17) is 5.73 Å². The average Bonchev–Trinajstić information content (AvgIpc) is 2.31. The second-order valence-electron chi connectivity index (χ2n) is 4.20. The highest BCUT2D eigenvalue weighted by atomic mass is 35.5. The number of carbonyl (C=O) groups excluding carboxylic acids is 1. The predicted molar refractivity (Wildman–Crippen MR) is 52.4 cm³/mol. The van der Waals surface area contributed by atoms with E-state index in [0.29, 0.717) is 22.5 Å². The Balaban J connectivity index is 0.00000169. The van der Waals surface area contributed by atoms with Crippen LogP contribution in [0.1, 0.15) is 10.5 Å². The van der Waals surface area contributed by atoms with Gasteiger partial charge in [-0.15, -0.1) is 0 Å². The number of carbonyl (C=O) groups is 1. The first-order chi connectivity index (χ1) is 5.88. The van der Waals surface area contributed by atoms with Crippen molar-refractivity contribution in [2.75, 3.05) is 33.4 Å². The molecule has 5 heteroatoms. The summed E-state index contributed by atoms with van der Waals surface area (Å²) in [6, 6.07) is 3.41. The van der Waals surface area contributed by atoms with E-state index < -0.39 is 0 Å². The number of hydrogen-bond acceptors (Lipinski definition) is 2. The standard InChI is InChI=1S/C9H15N3O.ClH/c1-12(2,3)6-8(13)7-4-5-9(10)11-7;/h4-5H,6H2,1-3H3,(H2-,10,11,13);1H. The Hall–Kier alpha value is -1.00. The van der Waals surface area contributed by atoms with E-state index in [1.54, 1.807) is 12.1 Å². The summed E-state index contributed by atoms with van der Waals surface area (Å²) < 4.78 is 0.623. The zero-order valence-corrected chi connectivity index (χ0v) is 9.43. The van der Waals surface area contributed by atoms with E-state index >= 15 is 0 Å². The summed E-state index contributed by atoms with van der Waals surface area (Å²) in [6.45, 7) is 0.472. The zero-order chi connectivity index (χ0) is 10.1. The van der Waals surface area contributed by atoms with Crippen LogP contribution in [-0.2, 0) is 0 Å². The molecule has 0 radical (unpaired) electrons. The van der Waals surface area contributed by atoms with E-state index in [-0.39, 0.29) is 18.2 Å². The fourth-order valence-corrected chi connectivity index (χ4v) is 1.09. The molecule has 0 aliphatic heterocycles. The first-order valence-corrected chi connectivity index (χ1v) is 4.16. The van der Waals surface area contributed by atoms with Crippen molar-refractivity contribution in [2.24, 2.45) is 0 Å². The number of Topliss-reactive ketones (excluding diaryl/α,β-unsaturated/α-hetero) is 1. The molecule has 0 fully saturated rings. The monoisotopic (exact) mass is 217 g/mol. The largest absolute Gasteiger partial charge is 1.00 e. The molecule has 1 aromatic heterocycles. The van der Waals surface area contributed by atoms with E-state index in [9.17, 15) is 4.79 Å². The van der Waals surface area contributed by atoms with Crippen LogP contribution < -0.4 is 18.1 Å². The normalized spacial score (nSPS) is 10.8. The fraction of sp³-hybridized carbons (Fsp3) is 0.444. The molecule has 4 nitrogen and oxygen atoms in total. The summed E-state index contributed by atoms with van der Waals surface area (Å²) in [6.07, 6.45) is 0. The van der Waals surface area contributed by atoms with Gasteiger partial charge in [-0.25, -0.2) is 0 Å². The highest BCUT2D eigenvalue weighted by Crippen LogP contribution is 2.05. The minimum Gasteiger partial charge on any atom is -1.00 e. The van der Waals surface area contributed by atoms with Crippen molar-refractivity contribution in [3.05, 3.63) is 17.8 Å². The zero-order valence-electron chi connectivity index (χ0n) is 8.67. The number of H-pyrrole nitrogens is 1. The summed E-state index contributed by atoms with van der Waals surface area (Å²) in [5.74, 6) is 0.619. The molecule has 1 aromatic rings. The summed E-state index contributed by atoms with van der Waals surface area (Å²) >= 11 is 0. The highest BCUT2D eigenvalue weighted by molar-refractivity contribution is 5.95. The Kier molecular flexibility index (Phi) is 4.16. The molecule has 0 amide bonds. The number of aromatic nitrogens is 1. The van der Waals surface area contributed by atoms with Gasteiger partial charge < -0.3 is 27.6 Å². The molecule has 1 rings (SSSR count). The van der Waals surface area contributed by atoms with Crippen LogP contribution >= 0.6 is 0 Å². The molecule has 0 aliphatic rings. The quantitative estimate of drug-likeness (QED) is 0.434. The van der Waals surface area contributed by atoms with Crippen LogP contribution in [0.4, 0.5) is 5.82 Å². The van der Waals surface area contributed by atoms with Crippen LogP contribution in [0.2, 0.25) is 0 Å². The molecule has 0 spiro atoms. The van der Waals surface area contributed by atoms with E-state index in [1.165, 1.54) is 0 Å². The number of anilines is 1. The number of quaternary nitrogens is 1. The predicted octanol–water partition coefficient (Wildman–Crippen LogP) is -2.51. The van der Waals surface area contributed by atoms with Gasteiger partial charge in [-0.05, 0) is 12.1 Å². The number of hydrogen-bond donors (Lipinski definition) is 2. The molecule has 3 N–H and O–H groups in total. The lowest BCUT2D eigenvalue weighted by Crippen LogP contribution is -3.00. The second kappa shape index (κ2) is 4.48. The Morgan fingerprint density at radius 3 is 2.36 bits per heavy atom. The fourth-order valence-electron chi connectivity index (χ4n) is 1.09. The number of rotatable bonds is 3. The van der Waals surface area contributed by atoms with Gasteiger partial charge in [-0.3, -0.25) is 4.79 Å². The maximum Gasteiger partial charge on any atom is 0.233 e. The van der Waals surface area contributed by atoms with Gasteiger partial charge in [0.2, 0.25) is 5.78 Å². The molecule has 0 unspecified atom stereocenters. The smallest absolute Gasteiger partial charge is 0.233 e. The van der Waals surface area contributed by atoms with Crippen molar-refractivity contribution in [1.82, 2.24) is 4.98 Å². The molecule has 0 saturated heterocycles. The topological polar surface area (TPSA) is 58.9 Å². The average molecular weight is 218 g/mol. The van der Waals surface area contributed by atoms with Gasteiger partial charge in [-0.1, -0.05) is 0 Å². The Bertz CT molecular complexity index is 314. The molecule has 0 aliphatic carbocycles. The third kappa shape index (κ3) is 3.81. The molecule has 14 heavy (non-hydrogen) atoms. The van der Waals surface area contributed by atoms with Crippen LogP contribution in [-0.4, -0.2) is 42.9 Å². The van der Waals surface area contributed by atoms with Gasteiger partial charge in [0.15, 0.2) is 0 Å². The molecular weight excluding hydrogens is 202 g/mol. The van der Waals surface area contributed by atoms with Gasteiger partial charge in [0, 0.05) is 0 Å². The van der Waals surface area contributed by atoms with Crippen LogP contribution in [0.15, 0.2) is 12.1 Å². The lowest BCUT2D eigenvalue weighted by Gasteiger charge is -2.22. The maximum absolute atomic E-state index is 11.6. The summed E-state index contributed by atoms with van der Waals surface area (Å²) in [5.41, 5.74) is 6.06. The molecule has 0 atom stereocenters. The van der Waals surface area contributed by atoms with Crippen molar-refractivity contribution in [1.29, 1.82) is 0 Å². The van der Waals surface area contributed by atoms with E-state index in [1.807, 2.05) is 21.1 Å². The molecule has 0 bridgehead atoms. The molecular formula is C9H16ClN3O. The Labute approximate surface area is 90.1 Å². The number of nitrogens with zero attached hydrogens (tertiary/aromatic N) is 1. The van der Waals surface area contributed by atoms with Crippen LogP contribution in [0.3, 0.4) is 0 Å². The number of likely N-dealkylation sites (N-methyl/N-ethyl adjacent to an activating group) is 1. The van der Waals surface area contributed by atoms with Gasteiger partial charge in [0.05, 0.1) is 26.8 Å². The first-order valence-electron chi connectivity index (χ1n) is 4.16. The van der Waals surface area contributed by atoms with Gasteiger partial charge in [0.25, 0.3) is 0 Å². The molecule has 1 heterocycles. The van der Waals surface area contributed by atoms with Gasteiger partial charge in [-0.2, -0.15) is 0 Å². The summed E-state index contributed by atoms with van der Waals surface area (Å²) in [4.78, 5) is 14.4. The van der Waals surface area contributed by atoms with Crippen LogP contribution in [0, 0.1) is 0 Å². The van der Waals surface area contributed by atoms with E-state index in [0.717, 1.165) is 0 Å². The van der Waals surface area contributed by atoms with Crippen LogP contribution in [0.5, 0.6) is 0 Å². The van der Waals surface area contributed by atoms with Crippen LogP contribution in [0.25, 0.3) is 0 Å². The highest BCUT2D eigenvalue weighted by Gasteiger charge is 2.16. The van der Waals surface area contributed by atoms with Crippen molar-refractivity contribution in [2.45, 2.75) is 0 Å². The number of ketones is 1. The molecule has 0 saturated carbocycles. The van der Waals surface area contributed by atoms with Gasteiger partial charge in [0.1, 0.15) is 12.4 Å². The van der Waals surface area contributed by atoms with Crippen molar-refractivity contribution in [3.8, 4) is 0 Å². The Morgan fingerprint density at radius 2 is 2.00 bits per heavy atom. The van der Waals surface area contributed by atoms with Crippen molar-refractivity contribution < 1.29 is 21.7 Å². The molecule has 0 aromatic carbocycles. The summed E-state index contributed by atoms with van der Waals surface area (Å²) in [7, 11) is 5.93. The number of aromatic amines is 1.